The second kappa shape index (κ2) is 43.0. The van der Waals surface area contributed by atoms with Gasteiger partial charge in [-0.15, -0.1) is 0 Å². The number of nitrogens with one attached hydrogen (secondary N) is 1. The van der Waals surface area contributed by atoms with Crippen molar-refractivity contribution >= 4 is 13.7 Å². The quantitative estimate of drug-likeness (QED) is 0.0244. The molecule has 0 radical (unpaired) electrons. The third kappa shape index (κ3) is 44.8. The maximum Gasteiger partial charge on any atom is 0.472 e. The molecule has 60 heavy (non-hydrogen) atoms. The molecule has 0 spiro atoms. The Morgan fingerprint density at radius 3 is 1.45 bits per heavy atom. The summed E-state index contributed by atoms with van der Waals surface area (Å²) in [5, 5.41) is 13.9. The third-order valence-electron chi connectivity index (χ3n) is 11.4. The molecule has 0 fully saturated rings. The van der Waals surface area contributed by atoms with Gasteiger partial charge in [0.2, 0.25) is 5.91 Å². The number of phosphoric acid groups is 1. The predicted octanol–water partition coefficient (Wildman–Crippen LogP) is 14.6. The molecule has 0 aliphatic heterocycles. The standard InChI is InChI=1S/C51H99N2O6P/c1-6-8-10-12-14-16-18-20-22-24-25-26-27-29-31-33-35-37-39-41-43-45-51(55)52-49(48-59-60(56,57)58-47-46-53(3,4)5)50(54)44-42-40-38-36-34-32-30-28-23-21-19-17-15-13-11-9-7-2/h8,10,14,16,42,44,49-50,54H,6-7,9,11-13,15,17-41,43,45-48H2,1-5H3,(H-,52,55,56,57)/p+1/b10-8-,16-14-,44-42+. The summed E-state index contributed by atoms with van der Waals surface area (Å²) in [5.41, 5.74) is 0. The molecule has 0 aliphatic carbocycles. The van der Waals surface area contributed by atoms with Crippen molar-refractivity contribution in [3.8, 4) is 0 Å². The lowest BCUT2D eigenvalue weighted by Crippen LogP contribution is -2.45. The van der Waals surface area contributed by atoms with Crippen LogP contribution >= 0.6 is 7.82 Å². The molecule has 0 aromatic rings. The van der Waals surface area contributed by atoms with Crippen LogP contribution in [0.25, 0.3) is 0 Å². The number of amides is 1. The highest BCUT2D eigenvalue weighted by molar-refractivity contribution is 7.47. The zero-order valence-corrected chi connectivity index (χ0v) is 41.1. The number of quaternary nitrogens is 1. The lowest BCUT2D eigenvalue weighted by Gasteiger charge is -2.25. The first-order chi connectivity index (χ1) is 29.0. The van der Waals surface area contributed by atoms with Gasteiger partial charge in [-0.05, 0) is 44.9 Å². The Hall–Kier alpha value is -1.28. The number of carbonyl (C=O) groups is 1. The van der Waals surface area contributed by atoms with Crippen LogP contribution in [-0.4, -0.2) is 73.4 Å². The van der Waals surface area contributed by atoms with Gasteiger partial charge in [0.25, 0.3) is 0 Å². The van der Waals surface area contributed by atoms with Crippen LogP contribution in [0.5, 0.6) is 0 Å². The molecule has 0 aromatic heterocycles. The van der Waals surface area contributed by atoms with Gasteiger partial charge in [-0.3, -0.25) is 13.8 Å². The molecule has 0 saturated carbocycles. The number of rotatable bonds is 46. The van der Waals surface area contributed by atoms with Gasteiger partial charge >= 0.3 is 7.82 Å². The van der Waals surface area contributed by atoms with Crippen LogP contribution < -0.4 is 5.32 Å². The second-order valence-electron chi connectivity index (χ2n) is 18.5. The van der Waals surface area contributed by atoms with E-state index in [9.17, 15) is 19.4 Å². The van der Waals surface area contributed by atoms with Crippen LogP contribution in [0.2, 0.25) is 0 Å². The van der Waals surface area contributed by atoms with Gasteiger partial charge in [0.15, 0.2) is 0 Å². The van der Waals surface area contributed by atoms with E-state index in [0.717, 1.165) is 51.4 Å². The average molecular weight is 868 g/mol. The van der Waals surface area contributed by atoms with Crippen molar-refractivity contribution in [2.45, 2.75) is 244 Å². The van der Waals surface area contributed by atoms with Crippen LogP contribution in [0.3, 0.4) is 0 Å². The highest BCUT2D eigenvalue weighted by Gasteiger charge is 2.27. The molecule has 0 aromatic carbocycles. The minimum Gasteiger partial charge on any atom is -0.387 e. The summed E-state index contributed by atoms with van der Waals surface area (Å²) >= 11 is 0. The van der Waals surface area contributed by atoms with Gasteiger partial charge in [0, 0.05) is 6.42 Å². The van der Waals surface area contributed by atoms with Crippen LogP contribution in [0.15, 0.2) is 36.5 Å². The Bertz CT molecular complexity index is 1070. The van der Waals surface area contributed by atoms with E-state index in [-0.39, 0.29) is 19.1 Å². The summed E-state index contributed by atoms with van der Waals surface area (Å²) in [5.74, 6) is -0.176. The molecule has 3 atom stereocenters. The number of aliphatic hydroxyl groups is 1. The Kier molecular flexibility index (Phi) is 42.1. The Labute approximate surface area is 372 Å². The Morgan fingerprint density at radius 2 is 1.00 bits per heavy atom. The highest BCUT2D eigenvalue weighted by atomic mass is 31.2. The number of hydrogen-bond acceptors (Lipinski definition) is 5. The van der Waals surface area contributed by atoms with Gasteiger partial charge in [-0.2, -0.15) is 0 Å². The molecule has 3 N–H and O–H groups in total. The van der Waals surface area contributed by atoms with Crippen molar-refractivity contribution in [2.24, 2.45) is 0 Å². The number of aliphatic hydroxyl groups excluding tert-OH is 1. The van der Waals surface area contributed by atoms with E-state index in [1.165, 1.54) is 161 Å². The summed E-state index contributed by atoms with van der Waals surface area (Å²) in [7, 11) is 1.58. The predicted molar refractivity (Wildman–Crippen MR) is 258 cm³/mol. The fourth-order valence-electron chi connectivity index (χ4n) is 7.37. The van der Waals surface area contributed by atoms with Crippen molar-refractivity contribution in [1.82, 2.24) is 5.32 Å². The second-order valence-corrected chi connectivity index (χ2v) is 20.0. The molecule has 1 amide bonds. The van der Waals surface area contributed by atoms with E-state index in [4.69, 9.17) is 9.05 Å². The lowest BCUT2D eigenvalue weighted by molar-refractivity contribution is -0.870. The summed E-state index contributed by atoms with van der Waals surface area (Å²) < 4.78 is 23.6. The molecular formula is C51H100N2O6P+. The summed E-state index contributed by atoms with van der Waals surface area (Å²) in [6.07, 6.45) is 53.6. The maximum absolute atomic E-state index is 12.9. The molecular weight excluding hydrogens is 768 g/mol. The third-order valence-corrected chi connectivity index (χ3v) is 12.4. The topological polar surface area (TPSA) is 105 Å². The fourth-order valence-corrected chi connectivity index (χ4v) is 8.11. The number of likely N-dealkylation sites (N-methyl/N-ethyl adjacent to an activating group) is 1. The first-order valence-electron chi connectivity index (χ1n) is 25.4. The molecule has 3 unspecified atom stereocenters. The molecule has 0 bridgehead atoms. The number of unbranched alkanes of at least 4 members (excludes halogenated alkanes) is 29. The van der Waals surface area contributed by atoms with Crippen LogP contribution in [0.4, 0.5) is 0 Å². The molecule has 8 nitrogen and oxygen atoms in total. The SMILES string of the molecule is CC/C=C\C/C=C\CCCCCCCCCCCCCCCCC(=O)NC(COP(=O)(O)OCC[N+](C)(C)C)C(O)/C=C/CCCCCCCCCCCCCCCCC. The number of carbonyl (C=O) groups excluding carboxylic acids is 1. The smallest absolute Gasteiger partial charge is 0.387 e. The molecule has 0 saturated heterocycles. The van der Waals surface area contributed by atoms with Crippen LogP contribution in [0, 0.1) is 0 Å². The lowest BCUT2D eigenvalue weighted by atomic mass is 10.0. The fraction of sp³-hybridized carbons (Fsp3) is 0.863. The maximum atomic E-state index is 12.9. The van der Waals surface area contributed by atoms with E-state index >= 15 is 0 Å². The van der Waals surface area contributed by atoms with E-state index in [1.54, 1.807) is 6.08 Å². The zero-order chi connectivity index (χ0) is 44.3. The molecule has 354 valence electrons. The van der Waals surface area contributed by atoms with Crippen molar-refractivity contribution in [1.29, 1.82) is 0 Å². The van der Waals surface area contributed by atoms with Crippen molar-refractivity contribution < 1.29 is 32.9 Å². The van der Waals surface area contributed by atoms with E-state index in [2.05, 4.69) is 43.5 Å². The molecule has 9 heteroatoms. The number of hydrogen-bond donors (Lipinski definition) is 3. The van der Waals surface area contributed by atoms with E-state index in [1.807, 2.05) is 27.2 Å². The monoisotopic (exact) mass is 868 g/mol. The van der Waals surface area contributed by atoms with Gasteiger partial charge in [0.05, 0.1) is 39.9 Å². The summed E-state index contributed by atoms with van der Waals surface area (Å²) in [6, 6.07) is -0.845. The largest absolute Gasteiger partial charge is 0.472 e. The van der Waals surface area contributed by atoms with Crippen LogP contribution in [0.1, 0.15) is 232 Å². The zero-order valence-electron chi connectivity index (χ0n) is 40.2. The normalized spacial score (nSPS) is 14.4. The van der Waals surface area contributed by atoms with E-state index in [0.29, 0.717) is 17.4 Å². The molecule has 0 aliphatic rings. The van der Waals surface area contributed by atoms with Gasteiger partial charge in [-0.25, -0.2) is 4.57 Å². The number of nitrogens with zero attached hydrogens (tertiary/aromatic N) is 1. The van der Waals surface area contributed by atoms with Crippen molar-refractivity contribution in [3.05, 3.63) is 36.5 Å². The highest BCUT2D eigenvalue weighted by Crippen LogP contribution is 2.43. The minimum absolute atomic E-state index is 0.0622. The Morgan fingerprint density at radius 1 is 0.583 bits per heavy atom. The van der Waals surface area contributed by atoms with Crippen molar-refractivity contribution in [3.63, 3.8) is 0 Å². The van der Waals surface area contributed by atoms with Gasteiger partial charge in [-0.1, -0.05) is 217 Å². The first-order valence-corrected chi connectivity index (χ1v) is 26.9. The number of allylic oxidation sites excluding steroid dienone is 5. The number of phosphoric ester groups is 1. The Balaban J connectivity index is 4.29. The van der Waals surface area contributed by atoms with Crippen molar-refractivity contribution in [2.75, 3.05) is 40.9 Å². The minimum atomic E-state index is -4.34. The molecule has 0 rings (SSSR count). The van der Waals surface area contributed by atoms with Crippen LogP contribution in [-0.2, 0) is 18.4 Å². The van der Waals surface area contributed by atoms with Gasteiger partial charge < -0.3 is 19.8 Å². The molecule has 0 heterocycles. The van der Waals surface area contributed by atoms with Gasteiger partial charge in [0.1, 0.15) is 13.2 Å². The average Bonchev–Trinajstić information content (AvgIpc) is 3.20. The first kappa shape index (κ1) is 58.7. The summed E-state index contributed by atoms with van der Waals surface area (Å²) in [6.45, 7) is 4.73. The van der Waals surface area contributed by atoms with E-state index < -0.39 is 20.0 Å². The summed E-state index contributed by atoms with van der Waals surface area (Å²) in [4.78, 5) is 23.2.